The molecule has 27 heavy (non-hydrogen) atoms. The van der Waals surface area contributed by atoms with E-state index in [0.717, 1.165) is 5.56 Å². The van der Waals surface area contributed by atoms with E-state index < -0.39 is 11.8 Å². The zero-order valence-electron chi connectivity index (χ0n) is 14.4. The highest BCUT2D eigenvalue weighted by atomic mass is 19.1. The van der Waals surface area contributed by atoms with Crippen molar-refractivity contribution in [1.29, 1.82) is 0 Å². The van der Waals surface area contributed by atoms with Gasteiger partial charge in [0, 0.05) is 35.4 Å². The molecule has 1 amide bonds. The van der Waals surface area contributed by atoms with Gasteiger partial charge in [0.05, 0.1) is 7.11 Å². The molecule has 1 atom stereocenters. The standard InChI is InChI=1S/C20H16FNO5/c1-26-15-8-14-16(7-13(15)11-6-17(23)22-9-11)27-19(18(14)20(24)25)10-2-4-12(21)5-3-10/h2-5,7-8,11H,6,9H2,1H3,(H,22,23)(H,24,25). The third-order valence-corrected chi connectivity index (χ3v) is 4.78. The molecule has 1 unspecified atom stereocenters. The Hall–Kier alpha value is -3.35. The van der Waals surface area contributed by atoms with E-state index in [0.29, 0.717) is 35.2 Å². The van der Waals surface area contributed by atoms with Crippen LogP contribution in [0.1, 0.15) is 28.3 Å². The van der Waals surface area contributed by atoms with Crippen LogP contribution in [0.4, 0.5) is 4.39 Å². The minimum Gasteiger partial charge on any atom is -0.496 e. The Morgan fingerprint density at radius 3 is 2.63 bits per heavy atom. The summed E-state index contributed by atoms with van der Waals surface area (Å²) < 4.78 is 24.5. The molecule has 0 aliphatic carbocycles. The first kappa shape index (κ1) is 17.1. The summed E-state index contributed by atoms with van der Waals surface area (Å²) in [5.41, 5.74) is 1.60. The molecule has 1 aliphatic heterocycles. The molecule has 1 aliphatic rings. The van der Waals surface area contributed by atoms with Gasteiger partial charge in [-0.15, -0.1) is 0 Å². The number of methoxy groups -OCH3 is 1. The van der Waals surface area contributed by atoms with E-state index in [1.807, 2.05) is 0 Å². The third-order valence-electron chi connectivity index (χ3n) is 4.78. The number of nitrogens with one attached hydrogen (secondary N) is 1. The fourth-order valence-corrected chi connectivity index (χ4v) is 3.48. The van der Waals surface area contributed by atoms with Crippen LogP contribution in [-0.4, -0.2) is 30.6 Å². The lowest BCUT2D eigenvalue weighted by Gasteiger charge is -2.13. The number of benzene rings is 2. The van der Waals surface area contributed by atoms with E-state index in [9.17, 15) is 19.1 Å². The van der Waals surface area contributed by atoms with Gasteiger partial charge in [-0.25, -0.2) is 9.18 Å². The molecule has 2 aromatic carbocycles. The normalized spacial score (nSPS) is 16.5. The maximum Gasteiger partial charge on any atom is 0.340 e. The molecule has 4 rings (SSSR count). The van der Waals surface area contributed by atoms with Crippen molar-refractivity contribution in [3.05, 3.63) is 53.3 Å². The highest BCUT2D eigenvalue weighted by Crippen LogP contribution is 2.40. The van der Waals surface area contributed by atoms with Crippen molar-refractivity contribution in [2.75, 3.05) is 13.7 Å². The predicted molar refractivity (Wildman–Crippen MR) is 95.5 cm³/mol. The third kappa shape index (κ3) is 2.91. The quantitative estimate of drug-likeness (QED) is 0.734. The van der Waals surface area contributed by atoms with Crippen LogP contribution in [0.5, 0.6) is 5.75 Å². The molecule has 0 radical (unpaired) electrons. The van der Waals surface area contributed by atoms with Crippen molar-refractivity contribution in [1.82, 2.24) is 5.32 Å². The molecule has 1 aromatic heterocycles. The summed E-state index contributed by atoms with van der Waals surface area (Å²) in [5.74, 6) is -1.05. The predicted octanol–water partition coefficient (Wildman–Crippen LogP) is 3.55. The van der Waals surface area contributed by atoms with Gasteiger partial charge in [-0.2, -0.15) is 0 Å². The van der Waals surface area contributed by atoms with E-state index >= 15 is 0 Å². The van der Waals surface area contributed by atoms with E-state index in [4.69, 9.17) is 9.15 Å². The first-order chi connectivity index (χ1) is 13.0. The number of rotatable bonds is 4. The topological polar surface area (TPSA) is 88.8 Å². The van der Waals surface area contributed by atoms with Crippen molar-refractivity contribution < 1.29 is 28.2 Å². The second kappa shape index (κ2) is 6.42. The van der Waals surface area contributed by atoms with Gasteiger partial charge in [0.2, 0.25) is 5.91 Å². The number of amides is 1. The Morgan fingerprint density at radius 2 is 2.04 bits per heavy atom. The average Bonchev–Trinajstić information content (AvgIpc) is 3.24. The van der Waals surface area contributed by atoms with Crippen molar-refractivity contribution in [2.24, 2.45) is 0 Å². The number of fused-ring (bicyclic) bond motifs is 1. The molecule has 1 saturated heterocycles. The molecule has 3 aromatic rings. The number of halogens is 1. The highest BCUT2D eigenvalue weighted by Gasteiger charge is 2.29. The molecule has 0 saturated carbocycles. The minimum atomic E-state index is -1.15. The molecule has 2 N–H and O–H groups in total. The van der Waals surface area contributed by atoms with E-state index in [2.05, 4.69) is 5.32 Å². The monoisotopic (exact) mass is 369 g/mol. The maximum atomic E-state index is 13.2. The fraction of sp³-hybridized carbons (Fsp3) is 0.200. The average molecular weight is 369 g/mol. The number of carbonyl (C=O) groups excluding carboxylic acids is 1. The molecular weight excluding hydrogens is 353 g/mol. The van der Waals surface area contributed by atoms with Crippen LogP contribution in [0, 0.1) is 5.82 Å². The molecular formula is C20H16FNO5. The Labute approximate surface area is 153 Å². The number of aromatic carboxylic acids is 1. The van der Waals surface area contributed by atoms with E-state index in [1.165, 1.54) is 31.4 Å². The Morgan fingerprint density at radius 1 is 1.30 bits per heavy atom. The van der Waals surface area contributed by atoms with Gasteiger partial charge in [0.1, 0.15) is 28.5 Å². The first-order valence-electron chi connectivity index (χ1n) is 8.38. The Kier molecular flexibility index (Phi) is 4.07. The summed E-state index contributed by atoms with van der Waals surface area (Å²) >= 11 is 0. The number of hydrogen-bond acceptors (Lipinski definition) is 4. The lowest BCUT2D eigenvalue weighted by atomic mass is 9.95. The summed E-state index contributed by atoms with van der Waals surface area (Å²) in [6, 6.07) is 8.77. The van der Waals surface area contributed by atoms with Crippen molar-refractivity contribution in [3.8, 4) is 17.1 Å². The minimum absolute atomic E-state index is 0.0120. The number of hydrogen-bond donors (Lipinski definition) is 2. The lowest BCUT2D eigenvalue weighted by Crippen LogP contribution is -2.13. The van der Waals surface area contributed by atoms with Gasteiger partial charge < -0.3 is 19.6 Å². The Bertz CT molecular complexity index is 1050. The second-order valence-corrected chi connectivity index (χ2v) is 6.41. The SMILES string of the molecule is COc1cc2c(C(=O)O)c(-c3ccc(F)cc3)oc2cc1C1CNC(=O)C1. The van der Waals surface area contributed by atoms with E-state index in [-0.39, 0.29) is 23.1 Å². The summed E-state index contributed by atoms with van der Waals surface area (Å²) in [4.78, 5) is 23.5. The van der Waals surface area contributed by atoms with E-state index in [1.54, 1.807) is 12.1 Å². The van der Waals surface area contributed by atoms with Gasteiger partial charge in [-0.05, 0) is 36.4 Å². The molecule has 2 heterocycles. The lowest BCUT2D eigenvalue weighted by molar-refractivity contribution is -0.119. The molecule has 6 nitrogen and oxygen atoms in total. The summed E-state index contributed by atoms with van der Waals surface area (Å²) in [5, 5.41) is 12.9. The maximum absolute atomic E-state index is 13.2. The zero-order valence-corrected chi connectivity index (χ0v) is 14.4. The van der Waals surface area contributed by atoms with Crippen molar-refractivity contribution in [2.45, 2.75) is 12.3 Å². The number of carbonyl (C=O) groups is 2. The van der Waals surface area contributed by atoms with Gasteiger partial charge in [0.25, 0.3) is 0 Å². The summed E-state index contributed by atoms with van der Waals surface area (Å²) in [7, 11) is 1.50. The van der Waals surface area contributed by atoms with Gasteiger partial charge >= 0.3 is 5.97 Å². The van der Waals surface area contributed by atoms with Crippen LogP contribution < -0.4 is 10.1 Å². The Balaban J connectivity index is 1.93. The van der Waals surface area contributed by atoms with Crippen molar-refractivity contribution in [3.63, 3.8) is 0 Å². The zero-order chi connectivity index (χ0) is 19.1. The molecule has 0 bridgehead atoms. The molecule has 138 valence electrons. The van der Waals surface area contributed by atoms with Gasteiger partial charge in [-0.1, -0.05) is 0 Å². The fourth-order valence-electron chi connectivity index (χ4n) is 3.48. The summed E-state index contributed by atoms with van der Waals surface area (Å²) in [6.45, 7) is 0.484. The van der Waals surface area contributed by atoms with Crippen molar-refractivity contribution >= 4 is 22.8 Å². The smallest absolute Gasteiger partial charge is 0.340 e. The van der Waals surface area contributed by atoms with Crippen LogP contribution in [0.2, 0.25) is 0 Å². The molecule has 1 fully saturated rings. The second-order valence-electron chi connectivity index (χ2n) is 6.41. The molecule has 0 spiro atoms. The van der Waals surface area contributed by atoms with Crippen LogP contribution in [-0.2, 0) is 4.79 Å². The van der Waals surface area contributed by atoms with Crippen LogP contribution in [0.3, 0.4) is 0 Å². The number of ether oxygens (including phenoxy) is 1. The van der Waals surface area contributed by atoms with Crippen LogP contribution in [0.25, 0.3) is 22.3 Å². The largest absolute Gasteiger partial charge is 0.496 e. The number of furan rings is 1. The molecule has 7 heteroatoms. The first-order valence-corrected chi connectivity index (χ1v) is 8.38. The highest BCUT2D eigenvalue weighted by molar-refractivity contribution is 6.08. The number of carboxylic acid groups (broad SMARTS) is 1. The van der Waals surface area contributed by atoms with Gasteiger partial charge in [0.15, 0.2) is 0 Å². The van der Waals surface area contributed by atoms with Crippen LogP contribution >= 0.6 is 0 Å². The van der Waals surface area contributed by atoms with Gasteiger partial charge in [-0.3, -0.25) is 4.79 Å². The summed E-state index contributed by atoms with van der Waals surface area (Å²) in [6.07, 6.45) is 0.333. The van der Waals surface area contributed by atoms with Crippen LogP contribution in [0.15, 0.2) is 40.8 Å². The number of carboxylic acids is 1.